The summed E-state index contributed by atoms with van der Waals surface area (Å²) in [4.78, 5) is 14.1. The van der Waals surface area contributed by atoms with Crippen LogP contribution in [-0.2, 0) is 17.6 Å². The summed E-state index contributed by atoms with van der Waals surface area (Å²) in [5, 5.41) is 0. The lowest BCUT2D eigenvalue weighted by Crippen LogP contribution is -2.28. The Morgan fingerprint density at radius 1 is 1.37 bits per heavy atom. The van der Waals surface area contributed by atoms with Crippen molar-refractivity contribution >= 4 is 27.5 Å². The van der Waals surface area contributed by atoms with Crippen LogP contribution in [0.5, 0.6) is 0 Å². The summed E-state index contributed by atoms with van der Waals surface area (Å²) in [5.74, 6) is 1.03. The van der Waals surface area contributed by atoms with Crippen LogP contribution in [0, 0.1) is 0 Å². The Kier molecular flexibility index (Phi) is 3.42. The number of furan rings is 1. The number of nitrogens with zero attached hydrogens (tertiary/aromatic N) is 1. The normalized spacial score (nSPS) is 13.6. The number of halogens is 1. The largest absolute Gasteiger partial charge is 0.469 e. The number of anilines is 1. The predicted molar refractivity (Wildman–Crippen MR) is 77.2 cm³/mol. The average molecular weight is 320 g/mol. The minimum atomic E-state index is 0.164. The van der Waals surface area contributed by atoms with Gasteiger partial charge in [0.2, 0.25) is 5.91 Å². The molecule has 0 unspecified atom stereocenters. The summed E-state index contributed by atoms with van der Waals surface area (Å²) >= 11 is 3.46. The molecule has 19 heavy (non-hydrogen) atoms. The van der Waals surface area contributed by atoms with E-state index in [-0.39, 0.29) is 5.91 Å². The van der Waals surface area contributed by atoms with Gasteiger partial charge in [0, 0.05) is 29.5 Å². The summed E-state index contributed by atoms with van der Waals surface area (Å²) in [6.45, 7) is 0.781. The zero-order valence-corrected chi connectivity index (χ0v) is 12.0. The van der Waals surface area contributed by atoms with Gasteiger partial charge in [0.1, 0.15) is 5.76 Å². The number of fused-ring (bicyclic) bond motifs is 1. The van der Waals surface area contributed by atoms with Gasteiger partial charge in [-0.1, -0.05) is 15.9 Å². The molecule has 0 N–H and O–H groups in total. The molecule has 1 aromatic heterocycles. The third-order valence-electron chi connectivity index (χ3n) is 3.40. The molecule has 4 heteroatoms. The van der Waals surface area contributed by atoms with Gasteiger partial charge in [0.05, 0.1) is 6.26 Å². The lowest BCUT2D eigenvalue weighted by atomic mass is 10.2. The molecule has 3 rings (SSSR count). The molecular formula is C15H14BrNO2. The zero-order valence-electron chi connectivity index (χ0n) is 10.4. The van der Waals surface area contributed by atoms with Crippen LogP contribution >= 0.6 is 15.9 Å². The van der Waals surface area contributed by atoms with Crippen molar-refractivity contribution in [1.82, 2.24) is 0 Å². The molecule has 1 aromatic carbocycles. The number of aryl methyl sites for hydroxylation is 1. The first-order chi connectivity index (χ1) is 9.24. The first kappa shape index (κ1) is 12.5. The van der Waals surface area contributed by atoms with Gasteiger partial charge in [-0.3, -0.25) is 4.79 Å². The molecule has 2 heterocycles. The van der Waals surface area contributed by atoms with Crippen molar-refractivity contribution in [3.63, 3.8) is 0 Å². The maximum atomic E-state index is 12.3. The molecule has 0 radical (unpaired) electrons. The molecule has 1 amide bonds. The van der Waals surface area contributed by atoms with E-state index in [1.54, 1.807) is 6.26 Å². The smallest absolute Gasteiger partial charge is 0.227 e. The Bertz CT molecular complexity index is 592. The Hall–Kier alpha value is -1.55. The minimum absolute atomic E-state index is 0.164. The highest BCUT2D eigenvalue weighted by atomic mass is 79.9. The SMILES string of the molecule is O=C(CCc1ccco1)N1CCc2cc(Br)ccc21. The fraction of sp³-hybridized carbons (Fsp3) is 0.267. The van der Waals surface area contributed by atoms with E-state index in [0.717, 1.165) is 28.9 Å². The van der Waals surface area contributed by atoms with E-state index in [1.165, 1.54) is 5.56 Å². The summed E-state index contributed by atoms with van der Waals surface area (Å²) in [6.07, 6.45) is 3.72. The summed E-state index contributed by atoms with van der Waals surface area (Å²) < 4.78 is 6.32. The van der Waals surface area contributed by atoms with Crippen LogP contribution in [-0.4, -0.2) is 12.5 Å². The highest BCUT2D eigenvalue weighted by Gasteiger charge is 2.24. The Morgan fingerprint density at radius 3 is 3.05 bits per heavy atom. The number of amides is 1. The molecular weight excluding hydrogens is 306 g/mol. The Morgan fingerprint density at radius 2 is 2.26 bits per heavy atom. The second-order valence-electron chi connectivity index (χ2n) is 4.65. The van der Waals surface area contributed by atoms with Crippen LogP contribution in [0.3, 0.4) is 0 Å². The van der Waals surface area contributed by atoms with E-state index in [4.69, 9.17) is 4.42 Å². The lowest BCUT2D eigenvalue weighted by Gasteiger charge is -2.17. The number of benzene rings is 1. The van der Waals surface area contributed by atoms with Crippen molar-refractivity contribution in [3.8, 4) is 0 Å². The third-order valence-corrected chi connectivity index (χ3v) is 3.90. The minimum Gasteiger partial charge on any atom is -0.469 e. The molecule has 98 valence electrons. The molecule has 0 fully saturated rings. The van der Waals surface area contributed by atoms with E-state index in [0.29, 0.717) is 12.8 Å². The molecule has 1 aliphatic heterocycles. The van der Waals surface area contributed by atoms with E-state index in [9.17, 15) is 4.79 Å². The molecule has 0 aliphatic carbocycles. The first-order valence-electron chi connectivity index (χ1n) is 6.35. The van der Waals surface area contributed by atoms with E-state index >= 15 is 0 Å². The fourth-order valence-electron chi connectivity index (χ4n) is 2.45. The average Bonchev–Trinajstić information content (AvgIpc) is 3.04. The van der Waals surface area contributed by atoms with Crippen LogP contribution in [0.4, 0.5) is 5.69 Å². The molecule has 0 saturated carbocycles. The topological polar surface area (TPSA) is 33.5 Å². The molecule has 0 atom stereocenters. The van der Waals surface area contributed by atoms with Crippen molar-refractivity contribution in [2.24, 2.45) is 0 Å². The first-order valence-corrected chi connectivity index (χ1v) is 7.14. The van der Waals surface area contributed by atoms with Crippen molar-refractivity contribution in [2.45, 2.75) is 19.3 Å². The molecule has 1 aliphatic rings. The number of rotatable bonds is 3. The van der Waals surface area contributed by atoms with Crippen LogP contribution in [0.1, 0.15) is 17.7 Å². The molecule has 0 saturated heterocycles. The maximum absolute atomic E-state index is 12.3. The highest BCUT2D eigenvalue weighted by molar-refractivity contribution is 9.10. The monoisotopic (exact) mass is 319 g/mol. The van der Waals surface area contributed by atoms with Crippen LogP contribution in [0.2, 0.25) is 0 Å². The standard InChI is InChI=1S/C15H14BrNO2/c16-12-3-5-14-11(10-12)7-8-17(14)15(18)6-4-13-2-1-9-19-13/h1-3,5,9-10H,4,6-8H2. The summed E-state index contributed by atoms with van der Waals surface area (Å²) in [6, 6.07) is 9.84. The summed E-state index contributed by atoms with van der Waals surface area (Å²) in [7, 11) is 0. The quantitative estimate of drug-likeness (QED) is 0.866. The Labute approximate surface area is 120 Å². The number of carbonyl (C=O) groups excluding carboxylic acids is 1. The van der Waals surface area contributed by atoms with Gasteiger partial charge in [-0.25, -0.2) is 0 Å². The molecule has 3 nitrogen and oxygen atoms in total. The van der Waals surface area contributed by atoms with E-state index in [1.807, 2.05) is 29.2 Å². The van der Waals surface area contributed by atoms with Crippen LogP contribution in [0.25, 0.3) is 0 Å². The number of carbonyl (C=O) groups is 1. The van der Waals surface area contributed by atoms with Gasteiger partial charge in [-0.2, -0.15) is 0 Å². The van der Waals surface area contributed by atoms with Gasteiger partial charge in [-0.15, -0.1) is 0 Å². The van der Waals surface area contributed by atoms with Crippen molar-refractivity contribution < 1.29 is 9.21 Å². The van der Waals surface area contributed by atoms with Crippen molar-refractivity contribution in [2.75, 3.05) is 11.4 Å². The molecule has 0 bridgehead atoms. The summed E-state index contributed by atoms with van der Waals surface area (Å²) in [5.41, 5.74) is 2.29. The molecule has 2 aromatic rings. The van der Waals surface area contributed by atoms with Gasteiger partial charge >= 0.3 is 0 Å². The van der Waals surface area contributed by atoms with Crippen LogP contribution in [0.15, 0.2) is 45.5 Å². The fourth-order valence-corrected chi connectivity index (χ4v) is 2.86. The zero-order chi connectivity index (χ0) is 13.2. The van der Waals surface area contributed by atoms with Gasteiger partial charge in [0.25, 0.3) is 0 Å². The van der Waals surface area contributed by atoms with Gasteiger partial charge in [-0.05, 0) is 42.3 Å². The third kappa shape index (κ3) is 2.59. The van der Waals surface area contributed by atoms with E-state index < -0.39 is 0 Å². The lowest BCUT2D eigenvalue weighted by molar-refractivity contribution is -0.118. The second-order valence-corrected chi connectivity index (χ2v) is 5.56. The predicted octanol–water partition coefficient (Wildman–Crippen LogP) is 3.56. The van der Waals surface area contributed by atoms with Crippen molar-refractivity contribution in [3.05, 3.63) is 52.4 Å². The second kappa shape index (κ2) is 5.21. The molecule has 0 spiro atoms. The van der Waals surface area contributed by atoms with Crippen molar-refractivity contribution in [1.29, 1.82) is 0 Å². The van der Waals surface area contributed by atoms with E-state index in [2.05, 4.69) is 22.0 Å². The van der Waals surface area contributed by atoms with Gasteiger partial charge < -0.3 is 9.32 Å². The number of hydrogen-bond donors (Lipinski definition) is 0. The highest BCUT2D eigenvalue weighted by Crippen LogP contribution is 2.31. The van der Waals surface area contributed by atoms with Gasteiger partial charge in [0.15, 0.2) is 0 Å². The Balaban J connectivity index is 1.69. The van der Waals surface area contributed by atoms with Crippen LogP contribution < -0.4 is 4.90 Å². The number of hydrogen-bond acceptors (Lipinski definition) is 2. The maximum Gasteiger partial charge on any atom is 0.227 e.